The quantitative estimate of drug-likeness (QED) is 0.716. The Balaban J connectivity index is 1.74. The summed E-state index contributed by atoms with van der Waals surface area (Å²) in [6, 6.07) is 13.7. The Hall–Kier alpha value is -2.33. The molecule has 23 heavy (non-hydrogen) atoms. The number of nitrogens with zero attached hydrogens (tertiary/aromatic N) is 1. The predicted octanol–water partition coefficient (Wildman–Crippen LogP) is 5.07. The van der Waals surface area contributed by atoms with E-state index in [9.17, 15) is 5.11 Å². The Morgan fingerprint density at radius 1 is 1.17 bits per heavy atom. The molecular formula is C19H17NO2S. The lowest BCUT2D eigenvalue weighted by atomic mass is 9.95. The van der Waals surface area contributed by atoms with Gasteiger partial charge in [-0.3, -0.25) is 0 Å². The van der Waals surface area contributed by atoms with E-state index in [1.807, 2.05) is 36.4 Å². The summed E-state index contributed by atoms with van der Waals surface area (Å²) in [4.78, 5) is 4.61. The number of rotatable bonds is 2. The molecule has 0 fully saturated rings. The van der Waals surface area contributed by atoms with Crippen molar-refractivity contribution >= 4 is 27.3 Å². The van der Waals surface area contributed by atoms with Crippen molar-refractivity contribution in [1.29, 1.82) is 0 Å². The molecule has 116 valence electrons. The number of thiazole rings is 1. The van der Waals surface area contributed by atoms with Crippen LogP contribution in [0.3, 0.4) is 0 Å². The van der Waals surface area contributed by atoms with Gasteiger partial charge in [0.1, 0.15) is 16.5 Å². The Morgan fingerprint density at radius 3 is 2.70 bits per heavy atom. The van der Waals surface area contributed by atoms with Crippen LogP contribution in [-0.2, 0) is 4.74 Å². The second-order valence-corrected chi connectivity index (χ2v) is 7.54. The van der Waals surface area contributed by atoms with Gasteiger partial charge in [-0.25, -0.2) is 4.98 Å². The molecule has 4 rings (SSSR count). The van der Waals surface area contributed by atoms with E-state index in [-0.39, 0.29) is 11.2 Å². The number of ether oxygens (including phenoxy) is 1. The monoisotopic (exact) mass is 323 g/mol. The number of phenols is 1. The number of aromatic hydroxyl groups is 1. The van der Waals surface area contributed by atoms with E-state index in [0.717, 1.165) is 32.1 Å². The first kappa shape index (κ1) is 14.3. The van der Waals surface area contributed by atoms with Crippen LogP contribution in [0.1, 0.15) is 19.4 Å². The highest BCUT2D eigenvalue weighted by Gasteiger charge is 2.25. The maximum absolute atomic E-state index is 10.4. The van der Waals surface area contributed by atoms with Gasteiger partial charge in [-0.15, -0.1) is 11.3 Å². The van der Waals surface area contributed by atoms with Crippen molar-refractivity contribution in [1.82, 2.24) is 4.98 Å². The van der Waals surface area contributed by atoms with Gasteiger partial charge in [-0.2, -0.15) is 0 Å². The first-order valence-corrected chi connectivity index (χ1v) is 8.38. The Bertz CT molecular complexity index is 891. The normalized spacial score (nSPS) is 16.3. The Kier molecular flexibility index (Phi) is 3.16. The SMILES string of the molecule is CC1(C)C=C(c2ccc(-c3nc4ccccc4s3)c(O)c2)OC1. The first-order valence-electron chi connectivity index (χ1n) is 7.57. The molecule has 0 spiro atoms. The number of phenolic OH excluding ortho intramolecular Hbond substituents is 1. The number of benzene rings is 2. The molecule has 0 amide bonds. The van der Waals surface area contributed by atoms with E-state index in [0.29, 0.717) is 6.61 Å². The summed E-state index contributed by atoms with van der Waals surface area (Å²) in [5, 5.41) is 11.3. The van der Waals surface area contributed by atoms with Gasteiger partial charge < -0.3 is 9.84 Å². The molecule has 3 aromatic rings. The summed E-state index contributed by atoms with van der Waals surface area (Å²) in [6.07, 6.45) is 2.11. The maximum Gasteiger partial charge on any atom is 0.128 e. The second kappa shape index (κ2) is 5.10. The van der Waals surface area contributed by atoms with Gasteiger partial charge >= 0.3 is 0 Å². The third-order valence-corrected chi connectivity index (χ3v) is 5.00. The minimum atomic E-state index is 0.0383. The molecule has 4 heteroatoms. The molecule has 0 atom stereocenters. The summed E-state index contributed by atoms with van der Waals surface area (Å²) >= 11 is 1.59. The molecule has 0 saturated carbocycles. The third kappa shape index (κ3) is 2.59. The Labute approximate surface area is 138 Å². The van der Waals surface area contributed by atoms with Crippen molar-refractivity contribution in [2.45, 2.75) is 13.8 Å². The first-order chi connectivity index (χ1) is 11.0. The Morgan fingerprint density at radius 2 is 2.00 bits per heavy atom. The molecular weight excluding hydrogens is 306 g/mol. The maximum atomic E-state index is 10.4. The standard InChI is InChI=1S/C19H17NO2S/c1-19(2)10-16(22-11-19)12-7-8-13(15(21)9-12)18-20-14-5-3-4-6-17(14)23-18/h3-10,21H,11H2,1-2H3. The fourth-order valence-corrected chi connectivity index (χ4v) is 3.72. The summed E-state index contributed by atoms with van der Waals surface area (Å²) < 4.78 is 6.86. The van der Waals surface area contributed by atoms with Gasteiger partial charge in [-0.1, -0.05) is 32.0 Å². The summed E-state index contributed by atoms with van der Waals surface area (Å²) in [5.41, 5.74) is 2.65. The average Bonchev–Trinajstić information content (AvgIpc) is 3.10. The van der Waals surface area contributed by atoms with Crippen LogP contribution in [0.25, 0.3) is 26.5 Å². The summed E-state index contributed by atoms with van der Waals surface area (Å²) in [5.74, 6) is 1.07. The van der Waals surface area contributed by atoms with Crippen molar-refractivity contribution in [2.24, 2.45) is 5.41 Å². The topological polar surface area (TPSA) is 42.4 Å². The zero-order valence-corrected chi connectivity index (χ0v) is 13.9. The molecule has 0 aliphatic carbocycles. The van der Waals surface area contributed by atoms with Crippen LogP contribution in [0, 0.1) is 5.41 Å². The van der Waals surface area contributed by atoms with Gasteiger partial charge in [0.2, 0.25) is 0 Å². The zero-order valence-electron chi connectivity index (χ0n) is 13.0. The lowest BCUT2D eigenvalue weighted by Gasteiger charge is -2.09. The number of hydrogen-bond donors (Lipinski definition) is 1. The van der Waals surface area contributed by atoms with Crippen LogP contribution in [0.2, 0.25) is 0 Å². The molecule has 2 aromatic carbocycles. The highest BCUT2D eigenvalue weighted by atomic mass is 32.1. The van der Waals surface area contributed by atoms with Crippen LogP contribution in [0.4, 0.5) is 0 Å². The van der Waals surface area contributed by atoms with E-state index < -0.39 is 0 Å². The summed E-state index contributed by atoms with van der Waals surface area (Å²) in [6.45, 7) is 4.94. The van der Waals surface area contributed by atoms with Crippen molar-refractivity contribution < 1.29 is 9.84 Å². The molecule has 3 nitrogen and oxygen atoms in total. The third-order valence-electron chi connectivity index (χ3n) is 3.93. The van der Waals surface area contributed by atoms with Crippen molar-refractivity contribution in [2.75, 3.05) is 6.61 Å². The van der Waals surface area contributed by atoms with Gasteiger partial charge in [0.15, 0.2) is 0 Å². The molecule has 0 bridgehead atoms. The molecule has 2 heterocycles. The lowest BCUT2D eigenvalue weighted by molar-refractivity contribution is 0.227. The molecule has 0 unspecified atom stereocenters. The second-order valence-electron chi connectivity index (χ2n) is 6.50. The highest BCUT2D eigenvalue weighted by Crippen LogP contribution is 2.39. The van der Waals surface area contributed by atoms with Gasteiger partial charge in [-0.05, 0) is 30.3 Å². The molecule has 1 aromatic heterocycles. The lowest BCUT2D eigenvalue weighted by Crippen LogP contribution is -2.08. The number of aromatic nitrogens is 1. The minimum absolute atomic E-state index is 0.0383. The zero-order chi connectivity index (χ0) is 16.0. The van der Waals surface area contributed by atoms with Crippen molar-refractivity contribution in [3.05, 3.63) is 54.1 Å². The smallest absolute Gasteiger partial charge is 0.128 e. The van der Waals surface area contributed by atoms with Crippen LogP contribution in [0.15, 0.2) is 48.5 Å². The predicted molar refractivity (Wildman–Crippen MR) is 94.4 cm³/mol. The van der Waals surface area contributed by atoms with E-state index in [1.165, 1.54) is 0 Å². The van der Waals surface area contributed by atoms with E-state index in [2.05, 4.69) is 24.9 Å². The number of fused-ring (bicyclic) bond motifs is 1. The van der Waals surface area contributed by atoms with E-state index in [1.54, 1.807) is 17.4 Å². The molecule has 0 saturated heterocycles. The average molecular weight is 323 g/mol. The number of para-hydroxylation sites is 1. The molecule has 1 aliphatic heterocycles. The van der Waals surface area contributed by atoms with Gasteiger partial charge in [0.05, 0.1) is 22.4 Å². The van der Waals surface area contributed by atoms with Crippen molar-refractivity contribution in [3.8, 4) is 16.3 Å². The largest absolute Gasteiger partial charge is 0.507 e. The van der Waals surface area contributed by atoms with Crippen LogP contribution in [-0.4, -0.2) is 16.7 Å². The molecule has 1 N–H and O–H groups in total. The van der Waals surface area contributed by atoms with Crippen molar-refractivity contribution in [3.63, 3.8) is 0 Å². The fourth-order valence-electron chi connectivity index (χ4n) is 2.72. The summed E-state index contributed by atoms with van der Waals surface area (Å²) in [7, 11) is 0. The molecule has 0 radical (unpaired) electrons. The van der Waals surface area contributed by atoms with E-state index in [4.69, 9.17) is 4.74 Å². The van der Waals surface area contributed by atoms with Gasteiger partial charge in [0.25, 0.3) is 0 Å². The van der Waals surface area contributed by atoms with E-state index >= 15 is 0 Å². The highest BCUT2D eigenvalue weighted by molar-refractivity contribution is 7.21. The fraction of sp³-hybridized carbons (Fsp3) is 0.211. The van der Waals surface area contributed by atoms with Crippen LogP contribution in [0.5, 0.6) is 5.75 Å². The minimum Gasteiger partial charge on any atom is -0.507 e. The van der Waals surface area contributed by atoms with Gasteiger partial charge in [0, 0.05) is 11.0 Å². The molecule has 1 aliphatic rings. The van der Waals surface area contributed by atoms with Crippen LogP contribution >= 0.6 is 11.3 Å². The number of hydrogen-bond acceptors (Lipinski definition) is 4. The van der Waals surface area contributed by atoms with Crippen LogP contribution < -0.4 is 0 Å².